The lowest BCUT2D eigenvalue weighted by molar-refractivity contribution is 0.0958. The highest BCUT2D eigenvalue weighted by Crippen LogP contribution is 2.29. The van der Waals surface area contributed by atoms with E-state index in [1.807, 2.05) is 13.0 Å². The van der Waals surface area contributed by atoms with E-state index >= 15 is 0 Å². The first kappa shape index (κ1) is 7.16. The molecule has 12 heavy (non-hydrogen) atoms. The zero-order chi connectivity index (χ0) is 8.72. The lowest BCUT2D eigenvalue weighted by Crippen LogP contribution is -2.16. The van der Waals surface area contributed by atoms with Crippen molar-refractivity contribution in [2.24, 2.45) is 0 Å². The van der Waals surface area contributed by atoms with Gasteiger partial charge in [0.1, 0.15) is 0 Å². The smallest absolute Gasteiger partial charge is 0.252 e. The first-order valence-electron chi connectivity index (χ1n) is 3.89. The van der Waals surface area contributed by atoms with Crippen LogP contribution in [-0.4, -0.2) is 5.91 Å². The fourth-order valence-corrected chi connectivity index (χ4v) is 1.61. The molecule has 3 nitrogen and oxygen atoms in total. The summed E-state index contributed by atoms with van der Waals surface area (Å²) in [6.07, 6.45) is 0. The number of anilines is 1. The van der Waals surface area contributed by atoms with Gasteiger partial charge in [-0.2, -0.15) is 0 Å². The number of hydrogen-bond acceptors (Lipinski definition) is 2. The highest BCUT2D eigenvalue weighted by molar-refractivity contribution is 6.00. The van der Waals surface area contributed by atoms with Crippen LogP contribution in [-0.2, 0) is 0 Å². The highest BCUT2D eigenvalue weighted by atomic mass is 16.2. The van der Waals surface area contributed by atoms with E-state index in [9.17, 15) is 4.79 Å². The van der Waals surface area contributed by atoms with Crippen molar-refractivity contribution in [1.82, 2.24) is 5.32 Å². The minimum absolute atomic E-state index is 0.0233. The fourth-order valence-electron chi connectivity index (χ4n) is 1.61. The van der Waals surface area contributed by atoms with Gasteiger partial charge in [0.25, 0.3) is 5.91 Å². The van der Waals surface area contributed by atoms with Crippen LogP contribution in [0.25, 0.3) is 0 Å². The molecule has 1 aliphatic rings. The number of benzene rings is 1. The average Bonchev–Trinajstić information content (AvgIpc) is 2.29. The standard InChI is InChI=1S/C9H10N2O/c1-5-8-6(9(12)11-5)3-2-4-7(8)10/h2-5H,10H2,1H3,(H,11,12). The number of amides is 1. The quantitative estimate of drug-likeness (QED) is 0.561. The van der Waals surface area contributed by atoms with Gasteiger partial charge in [0, 0.05) is 16.8 Å². The summed E-state index contributed by atoms with van der Waals surface area (Å²) >= 11 is 0. The number of rotatable bonds is 0. The van der Waals surface area contributed by atoms with Crippen molar-refractivity contribution in [3.63, 3.8) is 0 Å². The van der Waals surface area contributed by atoms with E-state index in [-0.39, 0.29) is 11.9 Å². The van der Waals surface area contributed by atoms with E-state index in [0.717, 1.165) is 5.56 Å². The zero-order valence-corrected chi connectivity index (χ0v) is 6.79. The molecule has 1 aromatic rings. The van der Waals surface area contributed by atoms with Crippen LogP contribution in [0.4, 0.5) is 5.69 Å². The number of carbonyl (C=O) groups is 1. The summed E-state index contributed by atoms with van der Waals surface area (Å²) < 4.78 is 0. The molecule has 1 aliphatic heterocycles. The lowest BCUT2D eigenvalue weighted by atomic mass is 10.0. The number of nitrogens with two attached hydrogens (primary N) is 1. The van der Waals surface area contributed by atoms with E-state index in [2.05, 4.69) is 5.32 Å². The van der Waals surface area contributed by atoms with E-state index in [0.29, 0.717) is 11.3 Å². The van der Waals surface area contributed by atoms with Crippen LogP contribution in [0.3, 0.4) is 0 Å². The summed E-state index contributed by atoms with van der Waals surface area (Å²) in [5.41, 5.74) is 8.07. The summed E-state index contributed by atoms with van der Waals surface area (Å²) in [4.78, 5) is 11.3. The number of nitrogens with one attached hydrogen (secondary N) is 1. The summed E-state index contributed by atoms with van der Waals surface area (Å²) in [6, 6.07) is 5.46. The molecule has 1 aromatic carbocycles. The van der Waals surface area contributed by atoms with Crippen LogP contribution >= 0.6 is 0 Å². The van der Waals surface area contributed by atoms with Crippen molar-refractivity contribution in [3.05, 3.63) is 29.3 Å². The monoisotopic (exact) mass is 162 g/mol. The maximum absolute atomic E-state index is 11.3. The van der Waals surface area contributed by atoms with Crippen LogP contribution in [0.1, 0.15) is 28.9 Å². The average molecular weight is 162 g/mol. The molecular formula is C9H10N2O. The summed E-state index contributed by atoms with van der Waals surface area (Å²) in [7, 11) is 0. The van der Waals surface area contributed by atoms with Crippen molar-refractivity contribution >= 4 is 11.6 Å². The molecule has 0 bridgehead atoms. The maximum atomic E-state index is 11.3. The Labute approximate surface area is 70.6 Å². The molecule has 2 rings (SSSR count). The summed E-state index contributed by atoms with van der Waals surface area (Å²) in [6.45, 7) is 1.93. The van der Waals surface area contributed by atoms with Gasteiger partial charge in [-0.25, -0.2) is 0 Å². The summed E-state index contributed by atoms with van der Waals surface area (Å²) in [5, 5.41) is 2.80. The second kappa shape index (κ2) is 2.24. The molecular weight excluding hydrogens is 152 g/mol. The molecule has 62 valence electrons. The number of nitrogen functional groups attached to an aromatic ring is 1. The molecule has 0 saturated heterocycles. The van der Waals surface area contributed by atoms with Crippen LogP contribution in [0.15, 0.2) is 18.2 Å². The third-order valence-corrected chi connectivity index (χ3v) is 2.17. The normalized spacial score (nSPS) is 20.4. The van der Waals surface area contributed by atoms with Crippen LogP contribution in [0.2, 0.25) is 0 Å². The predicted octanol–water partition coefficient (Wildman–Crippen LogP) is 1.07. The molecule has 0 fully saturated rings. The largest absolute Gasteiger partial charge is 0.398 e. The van der Waals surface area contributed by atoms with E-state index in [1.165, 1.54) is 0 Å². The molecule has 0 saturated carbocycles. The van der Waals surface area contributed by atoms with Gasteiger partial charge in [0.05, 0.1) is 6.04 Å². The van der Waals surface area contributed by atoms with Gasteiger partial charge >= 0.3 is 0 Å². The van der Waals surface area contributed by atoms with Crippen LogP contribution in [0.5, 0.6) is 0 Å². The fraction of sp³-hybridized carbons (Fsp3) is 0.222. The third-order valence-electron chi connectivity index (χ3n) is 2.17. The Kier molecular flexibility index (Phi) is 1.33. The minimum atomic E-state index is -0.0233. The molecule has 0 aliphatic carbocycles. The molecule has 1 unspecified atom stereocenters. The Bertz CT molecular complexity index is 346. The van der Waals surface area contributed by atoms with Gasteiger partial charge in [0.2, 0.25) is 0 Å². The Morgan fingerprint density at radius 1 is 1.50 bits per heavy atom. The van der Waals surface area contributed by atoms with Gasteiger partial charge in [0.15, 0.2) is 0 Å². The van der Waals surface area contributed by atoms with Crippen LogP contribution in [0, 0.1) is 0 Å². The Morgan fingerprint density at radius 2 is 2.25 bits per heavy atom. The minimum Gasteiger partial charge on any atom is -0.398 e. The Morgan fingerprint density at radius 3 is 2.92 bits per heavy atom. The number of fused-ring (bicyclic) bond motifs is 1. The number of carbonyl (C=O) groups excluding carboxylic acids is 1. The van der Waals surface area contributed by atoms with Crippen molar-refractivity contribution < 1.29 is 4.79 Å². The predicted molar refractivity (Wildman–Crippen MR) is 46.7 cm³/mol. The van der Waals surface area contributed by atoms with Crippen molar-refractivity contribution in [2.45, 2.75) is 13.0 Å². The molecule has 0 spiro atoms. The second-order valence-electron chi connectivity index (χ2n) is 3.00. The van der Waals surface area contributed by atoms with Crippen molar-refractivity contribution in [1.29, 1.82) is 0 Å². The SMILES string of the molecule is CC1NC(=O)c2cccc(N)c21. The lowest BCUT2D eigenvalue weighted by Gasteiger charge is -2.05. The molecule has 0 radical (unpaired) electrons. The zero-order valence-electron chi connectivity index (χ0n) is 6.79. The molecule has 1 heterocycles. The molecule has 1 atom stereocenters. The van der Waals surface area contributed by atoms with E-state index < -0.39 is 0 Å². The summed E-state index contributed by atoms with van der Waals surface area (Å²) in [5.74, 6) is -0.0233. The molecule has 3 heteroatoms. The van der Waals surface area contributed by atoms with Gasteiger partial charge in [-0.05, 0) is 19.1 Å². The molecule has 1 amide bonds. The second-order valence-corrected chi connectivity index (χ2v) is 3.00. The van der Waals surface area contributed by atoms with Gasteiger partial charge in [-0.1, -0.05) is 6.07 Å². The third kappa shape index (κ3) is 0.794. The number of hydrogen-bond donors (Lipinski definition) is 2. The van der Waals surface area contributed by atoms with Gasteiger partial charge in [-0.15, -0.1) is 0 Å². The van der Waals surface area contributed by atoms with Gasteiger partial charge in [-0.3, -0.25) is 4.79 Å². The Balaban J connectivity index is 2.67. The highest BCUT2D eigenvalue weighted by Gasteiger charge is 2.26. The van der Waals surface area contributed by atoms with E-state index in [1.54, 1.807) is 12.1 Å². The van der Waals surface area contributed by atoms with Crippen molar-refractivity contribution in [2.75, 3.05) is 5.73 Å². The van der Waals surface area contributed by atoms with Crippen molar-refractivity contribution in [3.8, 4) is 0 Å². The van der Waals surface area contributed by atoms with Gasteiger partial charge < -0.3 is 11.1 Å². The first-order chi connectivity index (χ1) is 5.70. The maximum Gasteiger partial charge on any atom is 0.252 e. The molecule has 3 N–H and O–H groups in total. The van der Waals surface area contributed by atoms with Crippen LogP contribution < -0.4 is 11.1 Å². The molecule has 0 aromatic heterocycles. The topological polar surface area (TPSA) is 55.1 Å². The first-order valence-corrected chi connectivity index (χ1v) is 3.89. The Hall–Kier alpha value is -1.51. The van der Waals surface area contributed by atoms with E-state index in [4.69, 9.17) is 5.73 Å².